The Morgan fingerprint density at radius 3 is 2.00 bits per heavy atom. The Balaban J connectivity index is 3.07. The molecule has 0 aliphatic heterocycles. The lowest BCUT2D eigenvalue weighted by molar-refractivity contribution is 0.156. The minimum Gasteiger partial charge on any atom is -0.497 e. The first-order valence-electron chi connectivity index (χ1n) is 6.24. The Morgan fingerprint density at radius 1 is 1.10 bits per heavy atom. The van der Waals surface area contributed by atoms with Gasteiger partial charge in [-0.05, 0) is 38.1 Å². The van der Waals surface area contributed by atoms with Crippen molar-refractivity contribution in [3.63, 3.8) is 0 Å². The molecule has 0 heterocycles. The van der Waals surface area contributed by atoms with Crippen molar-refractivity contribution in [3.8, 4) is 5.75 Å². The molecule has 0 spiro atoms. The van der Waals surface area contributed by atoms with Crippen LogP contribution >= 0.6 is 7.82 Å². The normalized spacial score (nSPS) is 11.1. The molecule has 0 N–H and O–H groups in total. The van der Waals surface area contributed by atoms with E-state index in [0.29, 0.717) is 5.75 Å². The van der Waals surface area contributed by atoms with Crippen LogP contribution in [0.15, 0.2) is 30.3 Å². The molecule has 0 saturated heterocycles. The molecular weight excluding hydrogens is 305 g/mol. The van der Waals surface area contributed by atoms with E-state index in [4.69, 9.17) is 18.3 Å². The minimum atomic E-state index is -4.08. The van der Waals surface area contributed by atoms with Crippen molar-refractivity contribution in [3.05, 3.63) is 35.9 Å². The fourth-order valence-electron chi connectivity index (χ4n) is 1.46. The first-order valence-corrected chi connectivity index (χ1v) is 7.70. The second kappa shape index (κ2) is 8.12. The number of halogens is 2. The molecule has 0 bridgehead atoms. The summed E-state index contributed by atoms with van der Waals surface area (Å²) in [7, 11) is -2.63. The fraction of sp³-hybridized carbons (Fsp3) is 0.385. The van der Waals surface area contributed by atoms with Crippen LogP contribution in [0.2, 0.25) is 0 Å². The molecule has 1 aromatic carbocycles. The van der Waals surface area contributed by atoms with Crippen LogP contribution < -0.4 is 4.74 Å². The predicted molar refractivity (Wildman–Crippen MR) is 74.1 cm³/mol. The summed E-state index contributed by atoms with van der Waals surface area (Å²) in [6.45, 7) is 3.11. The number of benzene rings is 1. The Hall–Kier alpha value is -1.43. The topological polar surface area (TPSA) is 54.0 Å². The van der Waals surface area contributed by atoms with Crippen molar-refractivity contribution in [1.29, 1.82) is 0 Å². The summed E-state index contributed by atoms with van der Waals surface area (Å²) in [6.07, 6.45) is -2.13. The van der Waals surface area contributed by atoms with Crippen LogP contribution in [-0.4, -0.2) is 20.3 Å². The Bertz CT molecular complexity index is 516. The van der Waals surface area contributed by atoms with Gasteiger partial charge >= 0.3 is 13.9 Å². The standard InChI is InChI=1S/C13H17F2O5P/c1-4-18-21(16,19-5-2)20-12(13(14)15)10-6-8-11(17-3)9-7-10/h6-9H,4-5H2,1-3H3. The van der Waals surface area contributed by atoms with Crippen LogP contribution in [-0.2, 0) is 18.1 Å². The molecule has 0 unspecified atom stereocenters. The van der Waals surface area contributed by atoms with E-state index in [0.717, 1.165) is 0 Å². The number of hydrogen-bond donors (Lipinski definition) is 0. The van der Waals surface area contributed by atoms with Crippen LogP contribution in [0.4, 0.5) is 8.78 Å². The number of rotatable bonds is 8. The van der Waals surface area contributed by atoms with E-state index in [2.05, 4.69) is 0 Å². The Kier molecular flexibility index (Phi) is 6.81. The Morgan fingerprint density at radius 2 is 1.62 bits per heavy atom. The van der Waals surface area contributed by atoms with E-state index in [1.165, 1.54) is 31.4 Å². The molecule has 0 aromatic heterocycles. The lowest BCUT2D eigenvalue weighted by Gasteiger charge is -2.18. The van der Waals surface area contributed by atoms with Gasteiger partial charge in [-0.15, -0.1) is 0 Å². The Labute approximate surface area is 122 Å². The smallest absolute Gasteiger partial charge is 0.497 e. The van der Waals surface area contributed by atoms with Gasteiger partial charge in [-0.25, -0.2) is 4.57 Å². The lowest BCUT2D eigenvalue weighted by atomic mass is 10.2. The van der Waals surface area contributed by atoms with E-state index < -0.39 is 19.7 Å². The highest BCUT2D eigenvalue weighted by atomic mass is 31.2. The van der Waals surface area contributed by atoms with Gasteiger partial charge < -0.3 is 9.26 Å². The third kappa shape index (κ3) is 5.12. The maximum absolute atomic E-state index is 13.1. The highest BCUT2D eigenvalue weighted by Crippen LogP contribution is 2.53. The molecule has 8 heteroatoms. The summed E-state index contributed by atoms with van der Waals surface area (Å²) in [5.74, 6) is -0.349. The number of hydrogen-bond acceptors (Lipinski definition) is 5. The molecule has 21 heavy (non-hydrogen) atoms. The van der Waals surface area contributed by atoms with E-state index >= 15 is 0 Å². The third-order valence-electron chi connectivity index (χ3n) is 2.30. The van der Waals surface area contributed by atoms with E-state index in [1.807, 2.05) is 0 Å². The van der Waals surface area contributed by atoms with Crippen LogP contribution in [0, 0.1) is 0 Å². The van der Waals surface area contributed by atoms with Crippen molar-refractivity contribution >= 4 is 13.6 Å². The number of methoxy groups -OCH3 is 1. The molecule has 0 aliphatic carbocycles. The highest BCUT2D eigenvalue weighted by molar-refractivity contribution is 7.48. The van der Waals surface area contributed by atoms with Crippen molar-refractivity contribution in [2.24, 2.45) is 0 Å². The van der Waals surface area contributed by atoms with Crippen LogP contribution in [0.3, 0.4) is 0 Å². The van der Waals surface area contributed by atoms with Gasteiger partial charge in [-0.3, -0.25) is 9.05 Å². The monoisotopic (exact) mass is 322 g/mol. The largest absolute Gasteiger partial charge is 0.530 e. The molecule has 1 rings (SSSR count). The summed E-state index contributed by atoms with van der Waals surface area (Å²) < 4.78 is 57.8. The molecule has 0 fully saturated rings. The molecule has 0 atom stereocenters. The first kappa shape index (κ1) is 17.6. The van der Waals surface area contributed by atoms with Crippen LogP contribution in [0.1, 0.15) is 19.4 Å². The zero-order valence-corrected chi connectivity index (χ0v) is 12.9. The number of phosphoric ester groups is 1. The number of phosphoric acid groups is 1. The molecule has 1 aromatic rings. The second-order valence-electron chi connectivity index (χ2n) is 3.69. The minimum absolute atomic E-state index is 0.00107. The van der Waals surface area contributed by atoms with Gasteiger partial charge in [-0.1, -0.05) is 0 Å². The van der Waals surface area contributed by atoms with Gasteiger partial charge in [0.2, 0.25) is 5.76 Å². The summed E-state index contributed by atoms with van der Waals surface area (Å²) in [5, 5.41) is 0. The van der Waals surface area contributed by atoms with E-state index in [9.17, 15) is 13.3 Å². The summed E-state index contributed by atoms with van der Waals surface area (Å²) in [4.78, 5) is 0. The molecule has 0 radical (unpaired) electrons. The summed E-state index contributed by atoms with van der Waals surface area (Å²) in [6, 6.07) is 5.67. The van der Waals surface area contributed by atoms with Gasteiger partial charge in [0, 0.05) is 5.56 Å². The van der Waals surface area contributed by atoms with Crippen molar-refractivity contribution in [2.45, 2.75) is 13.8 Å². The SMILES string of the molecule is CCOP(=O)(OCC)OC(=C(F)F)c1ccc(OC)cc1. The van der Waals surface area contributed by atoms with Crippen LogP contribution in [0.5, 0.6) is 5.75 Å². The van der Waals surface area contributed by atoms with Crippen molar-refractivity contribution in [2.75, 3.05) is 20.3 Å². The molecule has 0 amide bonds. The van der Waals surface area contributed by atoms with Gasteiger partial charge in [0.05, 0.1) is 20.3 Å². The average Bonchev–Trinajstić information content (AvgIpc) is 2.45. The molecule has 118 valence electrons. The third-order valence-corrected chi connectivity index (χ3v) is 3.86. The molecule has 0 aliphatic rings. The lowest BCUT2D eigenvalue weighted by Crippen LogP contribution is -2.01. The second-order valence-corrected chi connectivity index (χ2v) is 5.29. The van der Waals surface area contributed by atoms with E-state index in [-0.39, 0.29) is 18.8 Å². The summed E-state index contributed by atoms with van der Waals surface area (Å²) >= 11 is 0. The van der Waals surface area contributed by atoms with Crippen LogP contribution in [0.25, 0.3) is 5.76 Å². The van der Waals surface area contributed by atoms with Gasteiger partial charge in [-0.2, -0.15) is 8.78 Å². The van der Waals surface area contributed by atoms with Crippen molar-refractivity contribution in [1.82, 2.24) is 0 Å². The maximum atomic E-state index is 13.1. The predicted octanol–water partition coefficient (Wildman–Crippen LogP) is 4.46. The van der Waals surface area contributed by atoms with E-state index in [1.54, 1.807) is 13.8 Å². The maximum Gasteiger partial charge on any atom is 0.530 e. The highest BCUT2D eigenvalue weighted by Gasteiger charge is 2.31. The molecule has 0 saturated carbocycles. The molecule has 5 nitrogen and oxygen atoms in total. The van der Waals surface area contributed by atoms with Gasteiger partial charge in [0.1, 0.15) is 5.75 Å². The van der Waals surface area contributed by atoms with Gasteiger partial charge in [0.15, 0.2) is 0 Å². The quantitative estimate of drug-likeness (QED) is 0.522. The zero-order chi connectivity index (χ0) is 15.9. The molecular formula is C13H17F2O5P. The first-order chi connectivity index (χ1) is 9.95. The number of ether oxygens (including phenoxy) is 1. The average molecular weight is 322 g/mol. The zero-order valence-electron chi connectivity index (χ0n) is 12.0. The van der Waals surface area contributed by atoms with Gasteiger partial charge in [0.25, 0.3) is 0 Å². The van der Waals surface area contributed by atoms with Crippen molar-refractivity contribution < 1.29 is 31.7 Å². The fourth-order valence-corrected chi connectivity index (χ4v) is 2.67. The summed E-state index contributed by atoms with van der Waals surface area (Å²) in [5.41, 5.74) is 0.0374.